The van der Waals surface area contributed by atoms with Crippen LogP contribution in [0.1, 0.15) is 64.4 Å². The Balaban J connectivity index is 2.17. The SMILES string of the molecule is CC(C)CCC1(C(=O)Nc2ccccc2CC(=O)S)CCCCC1. The summed E-state index contributed by atoms with van der Waals surface area (Å²) in [7, 11) is 0. The summed E-state index contributed by atoms with van der Waals surface area (Å²) in [6.45, 7) is 4.42. The van der Waals surface area contributed by atoms with Crippen LogP contribution in [0.25, 0.3) is 0 Å². The number of hydrogen-bond donors (Lipinski definition) is 2. The highest BCUT2D eigenvalue weighted by Crippen LogP contribution is 2.42. The average molecular weight is 348 g/mol. The Morgan fingerprint density at radius 3 is 2.46 bits per heavy atom. The number of para-hydroxylation sites is 1. The van der Waals surface area contributed by atoms with Crippen molar-refractivity contribution in [1.82, 2.24) is 0 Å². The molecule has 1 amide bonds. The monoisotopic (exact) mass is 347 g/mol. The van der Waals surface area contributed by atoms with E-state index in [9.17, 15) is 9.59 Å². The predicted molar refractivity (Wildman–Crippen MR) is 102 cm³/mol. The van der Waals surface area contributed by atoms with Crippen LogP contribution < -0.4 is 5.32 Å². The summed E-state index contributed by atoms with van der Waals surface area (Å²) in [4.78, 5) is 24.5. The summed E-state index contributed by atoms with van der Waals surface area (Å²) >= 11 is 3.87. The molecule has 1 aliphatic carbocycles. The van der Waals surface area contributed by atoms with Gasteiger partial charge >= 0.3 is 0 Å². The molecule has 0 atom stereocenters. The standard InChI is InChI=1S/C20H29NO2S/c1-15(2)10-13-20(11-6-3-7-12-20)19(23)21-17-9-5-4-8-16(17)14-18(22)24/h4-5,8-9,15H,3,6-7,10-14H2,1-2H3,(H,21,23)(H,22,24). The molecule has 1 aliphatic rings. The van der Waals surface area contributed by atoms with E-state index in [1.807, 2.05) is 24.3 Å². The maximum atomic E-state index is 13.1. The van der Waals surface area contributed by atoms with E-state index in [0.717, 1.165) is 49.8 Å². The highest BCUT2D eigenvalue weighted by Gasteiger charge is 2.39. The second-order valence-corrected chi connectivity index (χ2v) is 7.95. The molecule has 0 saturated heterocycles. The van der Waals surface area contributed by atoms with Crippen molar-refractivity contribution < 1.29 is 9.59 Å². The molecular formula is C20H29NO2S. The molecule has 1 aromatic carbocycles. The van der Waals surface area contributed by atoms with Crippen LogP contribution in [0, 0.1) is 11.3 Å². The smallest absolute Gasteiger partial charge is 0.230 e. The molecule has 132 valence electrons. The van der Waals surface area contributed by atoms with Gasteiger partial charge in [0.15, 0.2) is 5.12 Å². The van der Waals surface area contributed by atoms with Gasteiger partial charge in [-0.2, -0.15) is 0 Å². The van der Waals surface area contributed by atoms with Crippen molar-refractivity contribution in [1.29, 1.82) is 0 Å². The molecule has 3 nitrogen and oxygen atoms in total. The van der Waals surface area contributed by atoms with E-state index in [1.54, 1.807) is 0 Å². The first-order valence-electron chi connectivity index (χ1n) is 9.04. The zero-order valence-electron chi connectivity index (χ0n) is 14.8. The van der Waals surface area contributed by atoms with Gasteiger partial charge in [-0.15, -0.1) is 12.6 Å². The van der Waals surface area contributed by atoms with Crippen molar-refractivity contribution in [3.8, 4) is 0 Å². The third kappa shape index (κ3) is 5.10. The molecule has 4 heteroatoms. The number of carbonyl (C=O) groups excluding carboxylic acids is 2. The number of amides is 1. The molecular weight excluding hydrogens is 318 g/mol. The first kappa shape index (κ1) is 19.0. The van der Waals surface area contributed by atoms with Gasteiger partial charge in [-0.05, 0) is 43.2 Å². The van der Waals surface area contributed by atoms with E-state index in [0.29, 0.717) is 5.92 Å². The van der Waals surface area contributed by atoms with Crippen molar-refractivity contribution in [2.24, 2.45) is 11.3 Å². The highest BCUT2D eigenvalue weighted by molar-refractivity contribution is 7.96. The fourth-order valence-corrected chi connectivity index (χ4v) is 3.77. The minimum Gasteiger partial charge on any atom is -0.325 e. The summed E-state index contributed by atoms with van der Waals surface area (Å²) in [5.41, 5.74) is 1.33. The van der Waals surface area contributed by atoms with Gasteiger partial charge in [0, 0.05) is 17.5 Å². The van der Waals surface area contributed by atoms with Crippen molar-refractivity contribution in [3.63, 3.8) is 0 Å². The lowest BCUT2D eigenvalue weighted by Crippen LogP contribution is -2.38. The third-order valence-electron chi connectivity index (χ3n) is 5.10. The van der Waals surface area contributed by atoms with E-state index in [-0.39, 0.29) is 22.9 Å². The first-order chi connectivity index (χ1) is 11.4. The average Bonchev–Trinajstić information content (AvgIpc) is 2.55. The third-order valence-corrected chi connectivity index (χ3v) is 5.26. The number of benzene rings is 1. The molecule has 0 heterocycles. The van der Waals surface area contributed by atoms with Gasteiger partial charge in [0.1, 0.15) is 0 Å². The maximum absolute atomic E-state index is 13.1. The Morgan fingerprint density at radius 1 is 1.17 bits per heavy atom. The van der Waals surface area contributed by atoms with Gasteiger partial charge < -0.3 is 5.32 Å². The van der Waals surface area contributed by atoms with E-state index in [1.165, 1.54) is 6.42 Å². The Morgan fingerprint density at radius 2 is 1.83 bits per heavy atom. The van der Waals surface area contributed by atoms with Crippen molar-refractivity contribution in [2.45, 2.75) is 65.2 Å². The number of thiol groups is 1. The fourth-order valence-electron chi connectivity index (χ4n) is 3.60. The lowest BCUT2D eigenvalue weighted by Gasteiger charge is -2.36. The molecule has 1 fully saturated rings. The number of rotatable bonds is 7. The first-order valence-corrected chi connectivity index (χ1v) is 9.49. The fraction of sp³-hybridized carbons (Fsp3) is 0.600. The topological polar surface area (TPSA) is 46.2 Å². The van der Waals surface area contributed by atoms with Gasteiger partial charge in [-0.1, -0.05) is 51.3 Å². The lowest BCUT2D eigenvalue weighted by molar-refractivity contribution is -0.128. The largest absolute Gasteiger partial charge is 0.325 e. The Hall–Kier alpha value is -1.29. The van der Waals surface area contributed by atoms with Crippen LogP contribution in [-0.2, 0) is 16.0 Å². The predicted octanol–water partition coefficient (Wildman–Crippen LogP) is 5.01. The van der Waals surface area contributed by atoms with E-state index in [2.05, 4.69) is 31.8 Å². The molecule has 2 rings (SSSR count). The van der Waals surface area contributed by atoms with Crippen molar-refractivity contribution in [3.05, 3.63) is 29.8 Å². The lowest BCUT2D eigenvalue weighted by atomic mass is 9.69. The molecule has 24 heavy (non-hydrogen) atoms. The van der Waals surface area contributed by atoms with Crippen LogP contribution >= 0.6 is 12.6 Å². The molecule has 1 aromatic rings. The van der Waals surface area contributed by atoms with Crippen LogP contribution in [0.15, 0.2) is 24.3 Å². The second kappa shape index (κ2) is 8.70. The summed E-state index contributed by atoms with van der Waals surface area (Å²) in [5.74, 6) is 0.729. The molecule has 0 bridgehead atoms. The molecule has 0 aromatic heterocycles. The number of anilines is 1. The Kier molecular flexibility index (Phi) is 6.90. The van der Waals surface area contributed by atoms with E-state index < -0.39 is 0 Å². The van der Waals surface area contributed by atoms with Crippen LogP contribution in [0.5, 0.6) is 0 Å². The molecule has 0 unspecified atom stereocenters. The summed E-state index contributed by atoms with van der Waals surface area (Å²) in [6, 6.07) is 7.54. The highest BCUT2D eigenvalue weighted by atomic mass is 32.1. The van der Waals surface area contributed by atoms with Crippen LogP contribution in [0.3, 0.4) is 0 Å². The maximum Gasteiger partial charge on any atom is 0.230 e. The number of carbonyl (C=O) groups is 2. The van der Waals surface area contributed by atoms with Gasteiger partial charge in [0.2, 0.25) is 5.91 Å². The van der Waals surface area contributed by atoms with Gasteiger partial charge in [-0.25, -0.2) is 0 Å². The van der Waals surface area contributed by atoms with Crippen molar-refractivity contribution in [2.75, 3.05) is 5.32 Å². The van der Waals surface area contributed by atoms with Gasteiger partial charge in [0.25, 0.3) is 0 Å². The molecule has 0 spiro atoms. The van der Waals surface area contributed by atoms with Gasteiger partial charge in [0.05, 0.1) is 0 Å². The minimum absolute atomic E-state index is 0.127. The Bertz CT molecular complexity index is 577. The second-order valence-electron chi connectivity index (χ2n) is 7.46. The molecule has 0 radical (unpaired) electrons. The minimum atomic E-state index is -0.249. The molecule has 0 aliphatic heterocycles. The number of hydrogen-bond acceptors (Lipinski definition) is 2. The summed E-state index contributed by atoms with van der Waals surface area (Å²) in [6.07, 6.45) is 7.68. The summed E-state index contributed by atoms with van der Waals surface area (Å²) < 4.78 is 0. The van der Waals surface area contributed by atoms with Crippen LogP contribution in [0.4, 0.5) is 5.69 Å². The molecule has 1 N–H and O–H groups in total. The van der Waals surface area contributed by atoms with Crippen molar-refractivity contribution >= 4 is 29.3 Å². The quantitative estimate of drug-likeness (QED) is 0.681. The molecule has 1 saturated carbocycles. The van der Waals surface area contributed by atoms with E-state index in [4.69, 9.17) is 0 Å². The normalized spacial score (nSPS) is 16.8. The van der Waals surface area contributed by atoms with E-state index >= 15 is 0 Å². The van der Waals surface area contributed by atoms with Gasteiger partial charge in [-0.3, -0.25) is 9.59 Å². The van der Waals surface area contributed by atoms with Crippen LogP contribution in [-0.4, -0.2) is 11.0 Å². The Labute approximate surface area is 151 Å². The zero-order valence-corrected chi connectivity index (χ0v) is 15.7. The van der Waals surface area contributed by atoms with Crippen LogP contribution in [0.2, 0.25) is 0 Å². The summed E-state index contributed by atoms with van der Waals surface area (Å²) in [5, 5.41) is 2.93. The number of nitrogens with one attached hydrogen (secondary N) is 1. The zero-order chi connectivity index (χ0) is 17.6.